The molecule has 3 rings (SSSR count). The fourth-order valence-electron chi connectivity index (χ4n) is 3.51. The van der Waals surface area contributed by atoms with Crippen molar-refractivity contribution in [1.29, 1.82) is 0 Å². The number of ether oxygens (including phenoxy) is 2. The first-order valence-corrected chi connectivity index (χ1v) is 9.46. The maximum Gasteiger partial charge on any atom is 0.325 e. The van der Waals surface area contributed by atoms with E-state index >= 15 is 0 Å². The maximum absolute atomic E-state index is 12.9. The van der Waals surface area contributed by atoms with Crippen LogP contribution in [0.4, 0.5) is 0 Å². The zero-order valence-corrected chi connectivity index (χ0v) is 16.9. The molecule has 0 saturated carbocycles. The second-order valence-corrected chi connectivity index (χ2v) is 7.13. The summed E-state index contributed by atoms with van der Waals surface area (Å²) < 4.78 is 10.5. The number of carbonyl (C=O) groups excluding carboxylic acids is 1. The van der Waals surface area contributed by atoms with Gasteiger partial charge in [0.05, 0.1) is 14.2 Å². The number of likely N-dealkylation sites (N-methyl/N-ethyl adjacent to an activating group) is 1. The molecule has 0 amide bonds. The van der Waals surface area contributed by atoms with Crippen LogP contribution in [0, 0.1) is 0 Å². The predicted octanol–water partition coefficient (Wildman–Crippen LogP) is 2.31. The van der Waals surface area contributed by atoms with Crippen LogP contribution < -0.4 is 9.47 Å². The van der Waals surface area contributed by atoms with Crippen LogP contribution in [0.25, 0.3) is 0 Å². The van der Waals surface area contributed by atoms with Crippen LogP contribution in [0.1, 0.15) is 27.5 Å². The quantitative estimate of drug-likeness (QED) is 0.717. The number of ketones is 1. The second-order valence-electron chi connectivity index (χ2n) is 7.13. The van der Waals surface area contributed by atoms with Gasteiger partial charge in [0.2, 0.25) is 0 Å². The number of piperazine rings is 1. The predicted molar refractivity (Wildman–Crippen MR) is 109 cm³/mol. The maximum atomic E-state index is 12.9. The zero-order valence-electron chi connectivity index (χ0n) is 16.9. The van der Waals surface area contributed by atoms with E-state index < -0.39 is 12.0 Å². The second kappa shape index (κ2) is 9.07. The standard InChI is InChI=1S/C22H26N2O5/c1-23-8-10-24(11-9-23)20(22(26)27)15-4-6-16(7-5-15)21(25)17-12-18(28-2)14-19(13-17)29-3/h4-7,12-14,20H,8-11H2,1-3H3,(H,26,27). The van der Waals surface area contributed by atoms with Crippen LogP contribution >= 0.6 is 0 Å². The Morgan fingerprint density at radius 3 is 1.93 bits per heavy atom. The van der Waals surface area contributed by atoms with Gasteiger partial charge >= 0.3 is 5.97 Å². The van der Waals surface area contributed by atoms with Crippen molar-refractivity contribution in [3.63, 3.8) is 0 Å². The molecule has 7 nitrogen and oxygen atoms in total. The highest BCUT2D eigenvalue weighted by Gasteiger charge is 2.29. The molecule has 1 fully saturated rings. The van der Waals surface area contributed by atoms with Crippen LogP contribution in [0.15, 0.2) is 42.5 Å². The average Bonchev–Trinajstić information content (AvgIpc) is 2.74. The Bertz CT molecular complexity index is 851. The summed E-state index contributed by atoms with van der Waals surface area (Å²) in [5.41, 5.74) is 1.59. The van der Waals surface area contributed by atoms with Crippen molar-refractivity contribution in [2.75, 3.05) is 47.4 Å². The number of carboxylic acids is 1. The number of hydrogen-bond acceptors (Lipinski definition) is 6. The molecule has 1 unspecified atom stereocenters. The Hall–Kier alpha value is -2.90. The summed E-state index contributed by atoms with van der Waals surface area (Å²) in [6.07, 6.45) is 0. The number of carboxylic acid groups (broad SMARTS) is 1. The van der Waals surface area contributed by atoms with Gasteiger partial charge in [-0.15, -0.1) is 0 Å². The van der Waals surface area contributed by atoms with E-state index in [1.54, 1.807) is 42.5 Å². The highest BCUT2D eigenvalue weighted by molar-refractivity contribution is 6.09. The molecule has 154 valence electrons. The molecule has 7 heteroatoms. The normalized spacial score (nSPS) is 16.2. The van der Waals surface area contributed by atoms with Gasteiger partial charge in [0.1, 0.15) is 17.5 Å². The van der Waals surface area contributed by atoms with E-state index in [0.717, 1.165) is 13.1 Å². The fourth-order valence-corrected chi connectivity index (χ4v) is 3.51. The molecular formula is C22H26N2O5. The van der Waals surface area contributed by atoms with Crippen molar-refractivity contribution in [2.24, 2.45) is 0 Å². The molecule has 2 aromatic rings. The number of carbonyl (C=O) groups is 2. The van der Waals surface area contributed by atoms with Crippen molar-refractivity contribution >= 4 is 11.8 Å². The third kappa shape index (κ3) is 4.75. The van der Waals surface area contributed by atoms with Crippen LogP contribution in [-0.2, 0) is 4.79 Å². The lowest BCUT2D eigenvalue weighted by Gasteiger charge is -2.36. The number of aliphatic carboxylic acids is 1. The Labute approximate surface area is 170 Å². The van der Waals surface area contributed by atoms with E-state index in [0.29, 0.717) is 41.3 Å². The lowest BCUT2D eigenvalue weighted by Crippen LogP contribution is -2.47. The SMILES string of the molecule is COc1cc(OC)cc(C(=O)c2ccc(C(C(=O)O)N3CCN(C)CC3)cc2)c1. The van der Waals surface area contributed by atoms with Crippen LogP contribution in [0.3, 0.4) is 0 Å². The molecular weight excluding hydrogens is 372 g/mol. The van der Waals surface area contributed by atoms with Gasteiger partial charge in [-0.05, 0) is 24.7 Å². The van der Waals surface area contributed by atoms with Crippen molar-refractivity contribution in [3.8, 4) is 11.5 Å². The molecule has 0 bridgehead atoms. The summed E-state index contributed by atoms with van der Waals surface area (Å²) >= 11 is 0. The van der Waals surface area contributed by atoms with Crippen molar-refractivity contribution in [2.45, 2.75) is 6.04 Å². The Balaban J connectivity index is 1.83. The van der Waals surface area contributed by atoms with E-state index in [1.807, 2.05) is 11.9 Å². The molecule has 1 heterocycles. The summed E-state index contributed by atoms with van der Waals surface area (Å²) in [5, 5.41) is 9.77. The van der Waals surface area contributed by atoms with Crippen molar-refractivity contribution in [1.82, 2.24) is 9.80 Å². The van der Waals surface area contributed by atoms with Crippen molar-refractivity contribution < 1.29 is 24.2 Å². The van der Waals surface area contributed by atoms with Gasteiger partial charge in [-0.2, -0.15) is 0 Å². The summed E-state index contributed by atoms with van der Waals surface area (Å²) in [6, 6.07) is 11.1. The first-order chi connectivity index (χ1) is 13.9. The van der Waals surface area contributed by atoms with Crippen LogP contribution in [0.5, 0.6) is 11.5 Å². The molecule has 29 heavy (non-hydrogen) atoms. The fraction of sp³-hybridized carbons (Fsp3) is 0.364. The minimum Gasteiger partial charge on any atom is -0.497 e. The zero-order chi connectivity index (χ0) is 21.0. The molecule has 1 N–H and O–H groups in total. The van der Waals surface area contributed by atoms with Crippen LogP contribution in [-0.4, -0.2) is 74.1 Å². The molecule has 1 aliphatic heterocycles. The smallest absolute Gasteiger partial charge is 0.325 e. The number of benzene rings is 2. The van der Waals surface area contributed by atoms with Crippen molar-refractivity contribution in [3.05, 3.63) is 59.2 Å². The van der Waals surface area contributed by atoms with E-state index in [-0.39, 0.29) is 5.78 Å². The molecule has 1 saturated heterocycles. The van der Waals surface area contributed by atoms with Gasteiger partial charge in [-0.25, -0.2) is 0 Å². The van der Waals surface area contributed by atoms with Gasteiger partial charge < -0.3 is 19.5 Å². The molecule has 0 radical (unpaired) electrons. The first kappa shape index (κ1) is 20.8. The highest BCUT2D eigenvalue weighted by Crippen LogP contribution is 2.26. The van der Waals surface area contributed by atoms with Gasteiger partial charge in [0.15, 0.2) is 5.78 Å². The van der Waals surface area contributed by atoms with E-state index in [4.69, 9.17) is 9.47 Å². The highest BCUT2D eigenvalue weighted by atomic mass is 16.5. The molecule has 0 aromatic heterocycles. The largest absolute Gasteiger partial charge is 0.497 e. The Morgan fingerprint density at radius 1 is 0.897 bits per heavy atom. The summed E-state index contributed by atoms with van der Waals surface area (Å²) in [5.74, 6) is 0.00189. The van der Waals surface area contributed by atoms with Gasteiger partial charge in [0.25, 0.3) is 0 Å². The monoisotopic (exact) mass is 398 g/mol. The summed E-state index contributed by atoms with van der Waals surface area (Å²) in [7, 11) is 5.09. The van der Waals surface area contributed by atoms with E-state index in [9.17, 15) is 14.7 Å². The van der Waals surface area contributed by atoms with Gasteiger partial charge in [-0.1, -0.05) is 24.3 Å². The summed E-state index contributed by atoms with van der Waals surface area (Å²) in [6.45, 7) is 3.05. The molecule has 1 aliphatic rings. The number of hydrogen-bond donors (Lipinski definition) is 1. The third-order valence-electron chi connectivity index (χ3n) is 5.24. The van der Waals surface area contributed by atoms with Gasteiger partial charge in [-0.3, -0.25) is 14.5 Å². The van der Waals surface area contributed by atoms with Crippen LogP contribution in [0.2, 0.25) is 0 Å². The number of rotatable bonds is 7. The Kier molecular flexibility index (Phi) is 6.51. The topological polar surface area (TPSA) is 79.3 Å². The average molecular weight is 398 g/mol. The first-order valence-electron chi connectivity index (χ1n) is 9.46. The molecule has 0 aliphatic carbocycles. The Morgan fingerprint density at radius 2 is 1.45 bits per heavy atom. The minimum atomic E-state index is -0.883. The molecule has 1 atom stereocenters. The summed E-state index contributed by atoms with van der Waals surface area (Å²) in [4.78, 5) is 28.9. The van der Waals surface area contributed by atoms with Gasteiger partial charge in [0, 0.05) is 43.4 Å². The third-order valence-corrected chi connectivity index (χ3v) is 5.24. The minimum absolute atomic E-state index is 0.180. The van der Waals surface area contributed by atoms with E-state index in [2.05, 4.69) is 4.90 Å². The number of methoxy groups -OCH3 is 2. The van der Waals surface area contributed by atoms with E-state index in [1.165, 1.54) is 14.2 Å². The molecule has 0 spiro atoms. The lowest BCUT2D eigenvalue weighted by molar-refractivity contribution is -0.144. The number of nitrogens with zero attached hydrogens (tertiary/aromatic N) is 2. The molecule has 2 aromatic carbocycles. The lowest BCUT2D eigenvalue weighted by atomic mass is 9.98.